The second-order valence-electron chi connectivity index (χ2n) is 6.39. The number of hydrogen-bond acceptors (Lipinski definition) is 7. The van der Waals surface area contributed by atoms with Crippen LogP contribution in [0.25, 0.3) is 16.7 Å². The zero-order valence-electron chi connectivity index (χ0n) is 15.4. The number of allylic oxidation sites excluding steroid dienone is 1. The van der Waals surface area contributed by atoms with E-state index < -0.39 is 10.0 Å². The molecule has 0 spiro atoms. The third-order valence-corrected chi connectivity index (χ3v) is 6.44. The number of nitrogens with one attached hydrogen (secondary N) is 1. The van der Waals surface area contributed by atoms with Gasteiger partial charge in [-0.15, -0.1) is 0 Å². The van der Waals surface area contributed by atoms with Gasteiger partial charge in [0.25, 0.3) is 0 Å². The molecule has 0 radical (unpaired) electrons. The number of aldehydes is 1. The summed E-state index contributed by atoms with van der Waals surface area (Å²) in [6, 6.07) is 13.6. The van der Waals surface area contributed by atoms with E-state index in [1.807, 2.05) is 12.1 Å². The van der Waals surface area contributed by atoms with Crippen LogP contribution in [0.5, 0.6) is 0 Å². The number of benzene rings is 2. The SMILES string of the molecule is O=C/C(=C/Nc1ccc(S(=O)(=O)N2CCOCC2)cc1)c1nc2ccccc2o1. The van der Waals surface area contributed by atoms with Crippen molar-refractivity contribution in [3.63, 3.8) is 0 Å². The second kappa shape index (κ2) is 8.16. The van der Waals surface area contributed by atoms with Gasteiger partial charge < -0.3 is 14.5 Å². The van der Waals surface area contributed by atoms with Crippen LogP contribution in [0.1, 0.15) is 5.89 Å². The van der Waals surface area contributed by atoms with Crippen molar-refractivity contribution in [3.05, 3.63) is 60.6 Å². The number of oxazole rings is 1. The molecule has 3 aromatic rings. The molecule has 9 heteroatoms. The first-order valence-electron chi connectivity index (χ1n) is 9.04. The van der Waals surface area contributed by atoms with E-state index in [4.69, 9.17) is 9.15 Å². The molecule has 0 bridgehead atoms. The lowest BCUT2D eigenvalue weighted by Gasteiger charge is -2.26. The normalized spacial score (nSPS) is 16.1. The lowest BCUT2D eigenvalue weighted by Crippen LogP contribution is -2.40. The average Bonchev–Trinajstić information content (AvgIpc) is 3.19. The van der Waals surface area contributed by atoms with Crippen molar-refractivity contribution in [2.24, 2.45) is 0 Å². The van der Waals surface area contributed by atoms with Crippen molar-refractivity contribution in [2.75, 3.05) is 31.6 Å². The van der Waals surface area contributed by atoms with E-state index in [9.17, 15) is 13.2 Å². The van der Waals surface area contributed by atoms with Crippen LogP contribution < -0.4 is 5.32 Å². The van der Waals surface area contributed by atoms with Gasteiger partial charge in [-0.25, -0.2) is 13.4 Å². The predicted octanol–water partition coefficient (Wildman–Crippen LogP) is 2.50. The van der Waals surface area contributed by atoms with Gasteiger partial charge >= 0.3 is 0 Å². The van der Waals surface area contributed by atoms with Gasteiger partial charge in [-0.05, 0) is 36.4 Å². The van der Waals surface area contributed by atoms with Crippen LogP contribution in [0.2, 0.25) is 0 Å². The lowest BCUT2D eigenvalue weighted by molar-refractivity contribution is -0.103. The van der Waals surface area contributed by atoms with Crippen molar-refractivity contribution in [1.82, 2.24) is 9.29 Å². The van der Waals surface area contributed by atoms with Crippen LogP contribution in [0.15, 0.2) is 64.0 Å². The van der Waals surface area contributed by atoms with E-state index in [-0.39, 0.29) is 16.4 Å². The molecule has 1 fully saturated rings. The summed E-state index contributed by atoms with van der Waals surface area (Å²) in [6.07, 6.45) is 2.12. The second-order valence-corrected chi connectivity index (χ2v) is 8.33. The molecule has 1 aliphatic rings. The Morgan fingerprint density at radius 3 is 2.48 bits per heavy atom. The average molecular weight is 413 g/mol. The van der Waals surface area contributed by atoms with Crippen molar-refractivity contribution in [2.45, 2.75) is 4.90 Å². The molecule has 4 rings (SSSR count). The number of nitrogens with zero attached hydrogens (tertiary/aromatic N) is 2. The first-order valence-corrected chi connectivity index (χ1v) is 10.5. The molecule has 0 saturated carbocycles. The topological polar surface area (TPSA) is 102 Å². The molecule has 0 amide bonds. The third kappa shape index (κ3) is 4.07. The molecule has 0 atom stereocenters. The number of carbonyl (C=O) groups excluding carboxylic acids is 1. The Hall–Kier alpha value is -3.01. The zero-order chi connectivity index (χ0) is 20.3. The maximum Gasteiger partial charge on any atom is 0.243 e. The molecule has 1 N–H and O–H groups in total. The Labute approximate surface area is 167 Å². The third-order valence-electron chi connectivity index (χ3n) is 4.52. The Morgan fingerprint density at radius 2 is 1.79 bits per heavy atom. The van der Waals surface area contributed by atoms with Gasteiger partial charge in [0, 0.05) is 25.0 Å². The number of carbonyl (C=O) groups is 1. The van der Waals surface area contributed by atoms with Crippen molar-refractivity contribution < 1.29 is 22.4 Å². The number of para-hydroxylation sites is 2. The van der Waals surface area contributed by atoms with Gasteiger partial charge in [-0.3, -0.25) is 4.79 Å². The van der Waals surface area contributed by atoms with Gasteiger partial charge in [-0.1, -0.05) is 12.1 Å². The molecule has 1 saturated heterocycles. The molecule has 2 heterocycles. The number of morpholine rings is 1. The molecule has 29 heavy (non-hydrogen) atoms. The van der Waals surface area contributed by atoms with Crippen LogP contribution in [-0.2, 0) is 19.6 Å². The van der Waals surface area contributed by atoms with E-state index in [0.717, 1.165) is 0 Å². The number of sulfonamides is 1. The highest BCUT2D eigenvalue weighted by atomic mass is 32.2. The highest BCUT2D eigenvalue weighted by Crippen LogP contribution is 2.22. The van der Waals surface area contributed by atoms with Gasteiger partial charge in [-0.2, -0.15) is 4.31 Å². The van der Waals surface area contributed by atoms with Crippen molar-refractivity contribution >= 4 is 38.7 Å². The van der Waals surface area contributed by atoms with Crippen molar-refractivity contribution in [3.8, 4) is 0 Å². The number of aromatic nitrogens is 1. The maximum atomic E-state index is 12.7. The fraction of sp³-hybridized carbons (Fsp3) is 0.200. The smallest absolute Gasteiger partial charge is 0.243 e. The van der Waals surface area contributed by atoms with Crippen LogP contribution in [-0.4, -0.2) is 50.3 Å². The molecule has 1 aliphatic heterocycles. The van der Waals surface area contributed by atoms with Gasteiger partial charge in [0.15, 0.2) is 11.9 Å². The molecule has 0 aliphatic carbocycles. The van der Waals surface area contributed by atoms with Gasteiger partial charge in [0.2, 0.25) is 15.9 Å². The number of rotatable bonds is 6. The van der Waals surface area contributed by atoms with E-state index in [0.29, 0.717) is 49.4 Å². The molecule has 2 aromatic carbocycles. The summed E-state index contributed by atoms with van der Waals surface area (Å²) in [5.74, 6) is 0.209. The van der Waals surface area contributed by atoms with Gasteiger partial charge in [0.1, 0.15) is 5.52 Å². The Kier molecular flexibility index (Phi) is 5.43. The minimum atomic E-state index is -3.54. The van der Waals surface area contributed by atoms with E-state index in [2.05, 4.69) is 10.3 Å². The van der Waals surface area contributed by atoms with Crippen LogP contribution in [0.4, 0.5) is 5.69 Å². The Balaban J connectivity index is 1.51. The molecule has 0 unspecified atom stereocenters. The van der Waals surface area contributed by atoms with E-state index >= 15 is 0 Å². The first-order chi connectivity index (χ1) is 14.1. The molecular weight excluding hydrogens is 394 g/mol. The van der Waals surface area contributed by atoms with E-state index in [1.165, 1.54) is 22.6 Å². The predicted molar refractivity (Wildman–Crippen MR) is 108 cm³/mol. The van der Waals surface area contributed by atoms with E-state index in [1.54, 1.807) is 24.3 Å². The van der Waals surface area contributed by atoms with Crippen LogP contribution in [0, 0.1) is 0 Å². The summed E-state index contributed by atoms with van der Waals surface area (Å²) in [6.45, 7) is 1.48. The molecule has 1 aromatic heterocycles. The fourth-order valence-corrected chi connectivity index (χ4v) is 4.37. The summed E-state index contributed by atoms with van der Waals surface area (Å²) >= 11 is 0. The number of anilines is 1. The number of fused-ring (bicyclic) bond motifs is 1. The number of ether oxygens (including phenoxy) is 1. The summed E-state index contributed by atoms with van der Waals surface area (Å²) in [5, 5.41) is 2.97. The molecule has 150 valence electrons. The maximum absolute atomic E-state index is 12.7. The number of hydrogen-bond donors (Lipinski definition) is 1. The standard InChI is InChI=1S/C20H19N3O5S/c24-14-15(20-22-18-3-1-2-4-19(18)28-20)13-21-16-5-7-17(8-6-16)29(25,26)23-9-11-27-12-10-23/h1-8,13-14,21H,9-12H2/b15-13-. The minimum Gasteiger partial charge on any atom is -0.436 e. The first kappa shape index (κ1) is 19.3. The Morgan fingerprint density at radius 1 is 1.07 bits per heavy atom. The zero-order valence-corrected chi connectivity index (χ0v) is 16.3. The monoisotopic (exact) mass is 413 g/mol. The van der Waals surface area contributed by atoms with Crippen molar-refractivity contribution in [1.29, 1.82) is 0 Å². The molecular formula is C20H19N3O5S. The highest BCUT2D eigenvalue weighted by molar-refractivity contribution is 7.89. The quantitative estimate of drug-likeness (QED) is 0.489. The summed E-state index contributed by atoms with van der Waals surface area (Å²) in [5.41, 5.74) is 2.12. The molecule has 8 nitrogen and oxygen atoms in total. The lowest BCUT2D eigenvalue weighted by atomic mass is 10.3. The Bertz CT molecular complexity index is 1110. The van der Waals surface area contributed by atoms with Crippen LogP contribution in [0.3, 0.4) is 0 Å². The summed E-state index contributed by atoms with van der Waals surface area (Å²) < 4.78 is 37.5. The summed E-state index contributed by atoms with van der Waals surface area (Å²) in [7, 11) is -3.54. The van der Waals surface area contributed by atoms with Gasteiger partial charge in [0.05, 0.1) is 23.7 Å². The largest absolute Gasteiger partial charge is 0.436 e. The minimum absolute atomic E-state index is 0.209. The summed E-state index contributed by atoms with van der Waals surface area (Å²) in [4.78, 5) is 16.0. The fourth-order valence-electron chi connectivity index (χ4n) is 2.96. The highest BCUT2D eigenvalue weighted by Gasteiger charge is 2.26. The van der Waals surface area contributed by atoms with Crippen LogP contribution >= 0.6 is 0 Å².